The molecular formula is C18H19N5O2. The van der Waals surface area contributed by atoms with Crippen LogP contribution in [0.5, 0.6) is 6.01 Å². The van der Waals surface area contributed by atoms with Crippen LogP contribution in [-0.4, -0.2) is 49.9 Å². The number of fused-ring (bicyclic) bond motifs is 1. The number of benzene rings is 1. The van der Waals surface area contributed by atoms with Crippen LogP contribution in [0.2, 0.25) is 0 Å². The summed E-state index contributed by atoms with van der Waals surface area (Å²) in [5.74, 6) is 0.00365. The number of carbonyl (C=O) groups excluding carboxylic acids is 1. The first-order chi connectivity index (χ1) is 12.1. The molecule has 2 aromatic heterocycles. The molecule has 3 aromatic rings. The van der Waals surface area contributed by atoms with Crippen LogP contribution < -0.4 is 4.74 Å². The molecule has 0 unspecified atom stereocenters. The molecular weight excluding hydrogens is 318 g/mol. The molecule has 25 heavy (non-hydrogen) atoms. The first kappa shape index (κ1) is 15.6. The third kappa shape index (κ3) is 3.17. The molecule has 1 aliphatic rings. The monoisotopic (exact) mass is 337 g/mol. The summed E-state index contributed by atoms with van der Waals surface area (Å²) in [6.45, 7) is 5.03. The number of hydrogen-bond acceptors (Lipinski definition) is 5. The molecule has 4 rings (SSSR count). The van der Waals surface area contributed by atoms with Crippen LogP contribution in [0.1, 0.15) is 28.2 Å². The number of H-pyrrole nitrogens is 1. The van der Waals surface area contributed by atoms with Crippen molar-refractivity contribution >= 4 is 16.9 Å². The summed E-state index contributed by atoms with van der Waals surface area (Å²) in [5, 5.41) is 0. The summed E-state index contributed by atoms with van der Waals surface area (Å²) in [4.78, 5) is 30.4. The van der Waals surface area contributed by atoms with Crippen molar-refractivity contribution < 1.29 is 9.53 Å². The summed E-state index contributed by atoms with van der Waals surface area (Å²) in [6, 6.07) is 7.80. The fourth-order valence-electron chi connectivity index (χ4n) is 3.16. The van der Waals surface area contributed by atoms with E-state index in [9.17, 15) is 4.79 Å². The number of rotatable bonds is 3. The third-order valence-corrected chi connectivity index (χ3v) is 4.33. The molecule has 7 heteroatoms. The number of aromatic amines is 1. The van der Waals surface area contributed by atoms with Gasteiger partial charge in [-0.2, -0.15) is 0 Å². The van der Waals surface area contributed by atoms with Crippen LogP contribution in [0.4, 0.5) is 0 Å². The van der Waals surface area contributed by atoms with Gasteiger partial charge in [-0.1, -0.05) is 0 Å². The molecule has 0 radical (unpaired) electrons. The smallest absolute Gasteiger partial charge is 0.317 e. The van der Waals surface area contributed by atoms with Gasteiger partial charge in [0.2, 0.25) is 0 Å². The molecule has 1 aliphatic heterocycles. The number of nitrogens with zero attached hydrogens (tertiary/aromatic N) is 4. The van der Waals surface area contributed by atoms with Crippen LogP contribution in [0.15, 0.2) is 30.6 Å². The number of aromatic nitrogens is 4. The van der Waals surface area contributed by atoms with E-state index in [0.717, 1.165) is 28.8 Å². The highest BCUT2D eigenvalue weighted by Crippen LogP contribution is 2.20. The van der Waals surface area contributed by atoms with Gasteiger partial charge in [-0.3, -0.25) is 4.79 Å². The Morgan fingerprint density at radius 1 is 1.24 bits per heavy atom. The molecule has 0 bridgehead atoms. The molecule has 1 fully saturated rings. The molecule has 3 heterocycles. The zero-order valence-corrected chi connectivity index (χ0v) is 14.2. The predicted molar refractivity (Wildman–Crippen MR) is 92.5 cm³/mol. The summed E-state index contributed by atoms with van der Waals surface area (Å²) in [7, 11) is 0. The minimum Gasteiger partial charge on any atom is -0.458 e. The number of aryl methyl sites for hydroxylation is 2. The Morgan fingerprint density at radius 2 is 2.04 bits per heavy atom. The van der Waals surface area contributed by atoms with Gasteiger partial charge < -0.3 is 14.6 Å². The minimum absolute atomic E-state index is 0.00365. The highest BCUT2D eigenvalue weighted by molar-refractivity contribution is 5.97. The molecule has 1 saturated heterocycles. The van der Waals surface area contributed by atoms with E-state index in [0.29, 0.717) is 24.7 Å². The highest BCUT2D eigenvalue weighted by atomic mass is 16.5. The highest BCUT2D eigenvalue weighted by Gasteiger charge is 2.29. The van der Waals surface area contributed by atoms with E-state index in [2.05, 4.69) is 19.9 Å². The Balaban J connectivity index is 1.45. The SMILES string of the molecule is Cc1cc(C)nc(O[C@H]2CCN(C(=O)c3ccc4nc[nH]c4c3)C2)n1. The second-order valence-corrected chi connectivity index (χ2v) is 6.35. The van der Waals surface area contributed by atoms with Gasteiger partial charge in [0, 0.05) is 29.9 Å². The van der Waals surface area contributed by atoms with E-state index >= 15 is 0 Å². The number of amides is 1. The maximum Gasteiger partial charge on any atom is 0.317 e. The second kappa shape index (κ2) is 6.16. The lowest BCUT2D eigenvalue weighted by Crippen LogP contribution is -2.31. The molecule has 1 atom stereocenters. The Kier molecular flexibility index (Phi) is 3.83. The average Bonchev–Trinajstić information content (AvgIpc) is 3.21. The summed E-state index contributed by atoms with van der Waals surface area (Å²) < 4.78 is 5.88. The van der Waals surface area contributed by atoms with Crippen LogP contribution in [0.25, 0.3) is 11.0 Å². The van der Waals surface area contributed by atoms with Crippen molar-refractivity contribution in [3.63, 3.8) is 0 Å². The fourth-order valence-corrected chi connectivity index (χ4v) is 3.16. The Hall–Kier alpha value is -2.96. The Bertz CT molecular complexity index is 916. The van der Waals surface area contributed by atoms with Crippen molar-refractivity contribution in [3.05, 3.63) is 47.5 Å². The van der Waals surface area contributed by atoms with Gasteiger partial charge in [-0.05, 0) is 38.1 Å². The lowest BCUT2D eigenvalue weighted by atomic mass is 10.2. The number of nitrogens with one attached hydrogen (secondary N) is 1. The van der Waals surface area contributed by atoms with Crippen molar-refractivity contribution in [2.45, 2.75) is 26.4 Å². The van der Waals surface area contributed by atoms with E-state index in [4.69, 9.17) is 4.74 Å². The van der Waals surface area contributed by atoms with Gasteiger partial charge in [-0.25, -0.2) is 15.0 Å². The van der Waals surface area contributed by atoms with E-state index in [1.54, 1.807) is 6.33 Å². The second-order valence-electron chi connectivity index (χ2n) is 6.35. The van der Waals surface area contributed by atoms with E-state index < -0.39 is 0 Å². The number of ether oxygens (including phenoxy) is 1. The molecule has 0 aliphatic carbocycles. The van der Waals surface area contributed by atoms with Gasteiger partial charge in [0.25, 0.3) is 5.91 Å². The average molecular weight is 337 g/mol. The van der Waals surface area contributed by atoms with Gasteiger partial charge in [0.05, 0.1) is 23.9 Å². The van der Waals surface area contributed by atoms with Crippen molar-refractivity contribution in [1.29, 1.82) is 0 Å². The quantitative estimate of drug-likeness (QED) is 0.792. The first-order valence-electron chi connectivity index (χ1n) is 8.30. The molecule has 0 spiro atoms. The zero-order valence-electron chi connectivity index (χ0n) is 14.2. The number of imidazole rings is 1. The molecule has 7 nitrogen and oxygen atoms in total. The van der Waals surface area contributed by atoms with E-state index in [1.807, 2.05) is 43.0 Å². The normalized spacial score (nSPS) is 17.2. The van der Waals surface area contributed by atoms with Gasteiger partial charge in [0.1, 0.15) is 6.10 Å². The number of carbonyl (C=O) groups is 1. The van der Waals surface area contributed by atoms with Crippen molar-refractivity contribution in [2.24, 2.45) is 0 Å². The number of hydrogen-bond donors (Lipinski definition) is 1. The standard InChI is InChI=1S/C18H19N5O2/c1-11-7-12(2)22-18(21-11)25-14-5-6-23(9-14)17(24)13-3-4-15-16(8-13)20-10-19-15/h3-4,7-8,10,14H,5-6,9H2,1-2H3,(H,19,20)/t14-/m0/s1. The fraction of sp³-hybridized carbons (Fsp3) is 0.333. The van der Waals surface area contributed by atoms with Crippen LogP contribution in [-0.2, 0) is 0 Å². The molecule has 128 valence electrons. The van der Waals surface area contributed by atoms with Crippen LogP contribution in [0, 0.1) is 13.8 Å². The Labute approximate surface area is 145 Å². The van der Waals surface area contributed by atoms with Crippen molar-refractivity contribution in [2.75, 3.05) is 13.1 Å². The first-order valence-corrected chi connectivity index (χ1v) is 8.30. The summed E-state index contributed by atoms with van der Waals surface area (Å²) in [5.41, 5.74) is 4.12. The largest absolute Gasteiger partial charge is 0.458 e. The molecule has 0 saturated carbocycles. The van der Waals surface area contributed by atoms with Crippen molar-refractivity contribution in [3.8, 4) is 6.01 Å². The molecule has 1 aromatic carbocycles. The number of likely N-dealkylation sites (tertiary alicyclic amines) is 1. The van der Waals surface area contributed by atoms with Crippen LogP contribution >= 0.6 is 0 Å². The summed E-state index contributed by atoms with van der Waals surface area (Å²) in [6.07, 6.45) is 2.32. The van der Waals surface area contributed by atoms with Gasteiger partial charge in [0.15, 0.2) is 0 Å². The topological polar surface area (TPSA) is 84.0 Å². The van der Waals surface area contributed by atoms with E-state index in [1.165, 1.54) is 0 Å². The lowest BCUT2D eigenvalue weighted by Gasteiger charge is -2.17. The minimum atomic E-state index is -0.0824. The van der Waals surface area contributed by atoms with Crippen LogP contribution in [0.3, 0.4) is 0 Å². The molecule has 1 N–H and O–H groups in total. The van der Waals surface area contributed by atoms with E-state index in [-0.39, 0.29) is 12.0 Å². The van der Waals surface area contributed by atoms with Crippen molar-refractivity contribution in [1.82, 2.24) is 24.8 Å². The lowest BCUT2D eigenvalue weighted by molar-refractivity contribution is 0.0769. The third-order valence-electron chi connectivity index (χ3n) is 4.33. The molecule has 1 amide bonds. The maximum absolute atomic E-state index is 12.7. The maximum atomic E-state index is 12.7. The predicted octanol–water partition coefficient (Wildman–Crippen LogP) is 2.26. The zero-order chi connectivity index (χ0) is 17.4. The summed E-state index contributed by atoms with van der Waals surface area (Å²) >= 11 is 0. The van der Waals surface area contributed by atoms with Gasteiger partial charge >= 0.3 is 6.01 Å². The Morgan fingerprint density at radius 3 is 2.84 bits per heavy atom. The van der Waals surface area contributed by atoms with Gasteiger partial charge in [-0.15, -0.1) is 0 Å².